The Balaban J connectivity index is 2.04. The molecule has 2 heterocycles. The van der Waals surface area contributed by atoms with Crippen molar-refractivity contribution < 1.29 is 13.5 Å². The lowest BCUT2D eigenvalue weighted by molar-refractivity contribution is 0.168. The third-order valence-corrected chi connectivity index (χ3v) is 1.97. The number of halogens is 2. The Morgan fingerprint density at radius 3 is 2.80 bits per heavy atom. The summed E-state index contributed by atoms with van der Waals surface area (Å²) in [5.74, 6) is -1.06. The lowest BCUT2D eigenvalue weighted by atomic mass is 10.2. The van der Waals surface area contributed by atoms with Gasteiger partial charge in [0.05, 0.1) is 6.07 Å². The summed E-state index contributed by atoms with van der Waals surface area (Å²) in [5.41, 5.74) is 5.73. The third-order valence-electron chi connectivity index (χ3n) is 1.97. The minimum absolute atomic E-state index is 0.117. The molecule has 2 unspecified atom stereocenters. The maximum absolute atomic E-state index is 12.7. The average molecular weight is 216 g/mol. The number of hydrogen-bond acceptors (Lipinski definition) is 5. The minimum Gasteiger partial charge on any atom is -0.457 e. The fourth-order valence-electron chi connectivity index (χ4n) is 1.33. The Kier molecular flexibility index (Phi) is 2.74. The summed E-state index contributed by atoms with van der Waals surface area (Å²) in [7, 11) is 0. The Labute approximate surface area is 84.8 Å². The van der Waals surface area contributed by atoms with Gasteiger partial charge in [-0.15, -0.1) is 0 Å². The van der Waals surface area contributed by atoms with Crippen molar-refractivity contribution in [3.63, 3.8) is 0 Å². The number of hydrazine groups is 1. The topological polar surface area (TPSA) is 59.1 Å². The van der Waals surface area contributed by atoms with Crippen molar-refractivity contribution in [1.82, 2.24) is 20.8 Å². The number of aromatic nitrogens is 2. The molecule has 0 aliphatic carbocycles. The van der Waals surface area contributed by atoms with E-state index in [0.717, 1.165) is 6.07 Å². The molecule has 82 valence electrons. The number of rotatable bonds is 2. The van der Waals surface area contributed by atoms with E-state index >= 15 is 0 Å². The number of hydrogen-bond donors (Lipinski definition) is 2. The van der Waals surface area contributed by atoms with Crippen LogP contribution in [0.4, 0.5) is 8.78 Å². The normalized spacial score (nSPS) is 25.5. The molecule has 1 aliphatic rings. The molecule has 2 rings (SSSR count). The molecule has 7 heteroatoms. The Bertz CT molecular complexity index is 342. The first-order valence-electron chi connectivity index (χ1n) is 4.51. The van der Waals surface area contributed by atoms with E-state index in [4.69, 9.17) is 4.74 Å². The summed E-state index contributed by atoms with van der Waals surface area (Å²) in [6, 6.07) is 1.18. The van der Waals surface area contributed by atoms with Crippen LogP contribution in [0, 0.1) is 12.0 Å². The molecule has 0 spiro atoms. The van der Waals surface area contributed by atoms with Crippen LogP contribution in [0.1, 0.15) is 13.3 Å². The van der Waals surface area contributed by atoms with Crippen LogP contribution in [0.2, 0.25) is 0 Å². The van der Waals surface area contributed by atoms with Crippen molar-refractivity contribution >= 4 is 0 Å². The molecule has 0 saturated carbocycles. The Hall–Kier alpha value is -1.34. The number of nitrogens with one attached hydrogen (secondary N) is 2. The molecule has 2 N–H and O–H groups in total. The predicted molar refractivity (Wildman–Crippen MR) is 46.7 cm³/mol. The first kappa shape index (κ1) is 10.2. The van der Waals surface area contributed by atoms with Gasteiger partial charge in [0.15, 0.2) is 6.23 Å². The summed E-state index contributed by atoms with van der Waals surface area (Å²) in [5, 5.41) is 0. The SMILES string of the molecule is CC1CC(Oc2cc(F)nc(F)n2)NN1. The van der Waals surface area contributed by atoms with E-state index < -0.39 is 12.0 Å². The highest BCUT2D eigenvalue weighted by molar-refractivity contribution is 5.07. The van der Waals surface area contributed by atoms with Gasteiger partial charge in [-0.1, -0.05) is 0 Å². The van der Waals surface area contributed by atoms with Crippen LogP contribution in [0.3, 0.4) is 0 Å². The molecule has 0 radical (unpaired) electrons. The van der Waals surface area contributed by atoms with E-state index in [2.05, 4.69) is 20.8 Å². The monoisotopic (exact) mass is 216 g/mol. The lowest BCUT2D eigenvalue weighted by Gasteiger charge is -2.11. The van der Waals surface area contributed by atoms with Gasteiger partial charge in [-0.25, -0.2) is 5.43 Å². The molecule has 1 aromatic heterocycles. The van der Waals surface area contributed by atoms with E-state index in [9.17, 15) is 8.78 Å². The highest BCUT2D eigenvalue weighted by Crippen LogP contribution is 2.13. The van der Waals surface area contributed by atoms with E-state index in [-0.39, 0.29) is 18.1 Å². The zero-order chi connectivity index (χ0) is 10.8. The molecule has 0 aromatic carbocycles. The van der Waals surface area contributed by atoms with Crippen LogP contribution in [-0.2, 0) is 0 Å². The minimum atomic E-state index is -1.14. The van der Waals surface area contributed by atoms with Gasteiger partial charge >= 0.3 is 6.08 Å². The van der Waals surface area contributed by atoms with Crippen molar-refractivity contribution in [2.75, 3.05) is 0 Å². The quantitative estimate of drug-likeness (QED) is 0.551. The smallest absolute Gasteiger partial charge is 0.314 e. The van der Waals surface area contributed by atoms with Crippen LogP contribution in [0.5, 0.6) is 5.88 Å². The largest absolute Gasteiger partial charge is 0.457 e. The van der Waals surface area contributed by atoms with Gasteiger partial charge in [-0.3, -0.25) is 5.43 Å². The van der Waals surface area contributed by atoms with Crippen molar-refractivity contribution in [2.45, 2.75) is 25.6 Å². The van der Waals surface area contributed by atoms with Crippen LogP contribution in [-0.4, -0.2) is 22.2 Å². The highest BCUT2D eigenvalue weighted by Gasteiger charge is 2.22. The second-order valence-electron chi connectivity index (χ2n) is 3.33. The number of nitrogens with zero attached hydrogens (tertiary/aromatic N) is 2. The van der Waals surface area contributed by atoms with E-state index in [0.29, 0.717) is 6.42 Å². The Morgan fingerprint density at radius 1 is 1.40 bits per heavy atom. The van der Waals surface area contributed by atoms with E-state index in [1.54, 1.807) is 0 Å². The van der Waals surface area contributed by atoms with Crippen LogP contribution < -0.4 is 15.6 Å². The summed E-state index contributed by atoms with van der Waals surface area (Å²) in [6.45, 7) is 1.96. The predicted octanol–water partition coefficient (Wildman–Crippen LogP) is 0.346. The second-order valence-corrected chi connectivity index (χ2v) is 3.33. The fraction of sp³-hybridized carbons (Fsp3) is 0.500. The molecule has 1 fully saturated rings. The molecule has 0 bridgehead atoms. The van der Waals surface area contributed by atoms with Crippen molar-refractivity contribution in [3.8, 4) is 5.88 Å². The van der Waals surface area contributed by atoms with Gasteiger partial charge in [-0.05, 0) is 6.92 Å². The first-order chi connectivity index (χ1) is 7.13. The second kappa shape index (κ2) is 4.03. The van der Waals surface area contributed by atoms with Gasteiger partial charge in [0, 0.05) is 12.5 Å². The summed E-state index contributed by atoms with van der Waals surface area (Å²) >= 11 is 0. The molecular weight excluding hydrogens is 206 g/mol. The van der Waals surface area contributed by atoms with Crippen LogP contribution in [0.25, 0.3) is 0 Å². The van der Waals surface area contributed by atoms with Gasteiger partial charge in [0.25, 0.3) is 0 Å². The van der Waals surface area contributed by atoms with Gasteiger partial charge in [0.1, 0.15) is 0 Å². The fourth-order valence-corrected chi connectivity index (χ4v) is 1.33. The van der Waals surface area contributed by atoms with Crippen molar-refractivity contribution in [1.29, 1.82) is 0 Å². The zero-order valence-corrected chi connectivity index (χ0v) is 8.00. The maximum atomic E-state index is 12.7. The van der Waals surface area contributed by atoms with Crippen molar-refractivity contribution in [2.24, 2.45) is 0 Å². The first-order valence-corrected chi connectivity index (χ1v) is 4.51. The van der Waals surface area contributed by atoms with Gasteiger partial charge in [-0.2, -0.15) is 18.7 Å². The standard InChI is InChI=1S/C8H10F2N4O/c1-4-2-7(14-13-4)15-6-3-5(9)11-8(10)12-6/h3-4,7,13-14H,2H2,1H3. The maximum Gasteiger partial charge on any atom is 0.314 e. The van der Waals surface area contributed by atoms with E-state index in [1.807, 2.05) is 6.92 Å². The Morgan fingerprint density at radius 2 is 2.20 bits per heavy atom. The summed E-state index contributed by atoms with van der Waals surface area (Å²) in [6.07, 6.45) is -0.787. The van der Waals surface area contributed by atoms with E-state index in [1.165, 1.54) is 0 Å². The summed E-state index contributed by atoms with van der Waals surface area (Å²) < 4.78 is 30.5. The van der Waals surface area contributed by atoms with Crippen LogP contribution >= 0.6 is 0 Å². The lowest BCUT2D eigenvalue weighted by Crippen LogP contribution is -2.35. The third kappa shape index (κ3) is 2.57. The molecular formula is C8H10F2N4O. The molecule has 1 saturated heterocycles. The molecule has 5 nitrogen and oxygen atoms in total. The highest BCUT2D eigenvalue weighted by atomic mass is 19.1. The van der Waals surface area contributed by atoms with Crippen molar-refractivity contribution in [3.05, 3.63) is 18.1 Å². The molecule has 15 heavy (non-hydrogen) atoms. The number of ether oxygens (including phenoxy) is 1. The molecule has 1 aromatic rings. The average Bonchev–Trinajstić information content (AvgIpc) is 2.49. The van der Waals surface area contributed by atoms with Gasteiger partial charge < -0.3 is 4.74 Å². The van der Waals surface area contributed by atoms with Gasteiger partial charge in [0.2, 0.25) is 11.8 Å². The molecule has 0 amide bonds. The summed E-state index contributed by atoms with van der Waals surface area (Å²) in [4.78, 5) is 6.18. The molecule has 1 aliphatic heterocycles. The molecule has 2 atom stereocenters. The zero-order valence-electron chi connectivity index (χ0n) is 8.00. The van der Waals surface area contributed by atoms with Crippen LogP contribution in [0.15, 0.2) is 6.07 Å².